The smallest absolute Gasteiger partial charge is 0.224 e. The fourth-order valence-corrected chi connectivity index (χ4v) is 6.66. The zero-order chi connectivity index (χ0) is 16.9. The molecular weight excluding hydrogens is 308 g/mol. The maximum Gasteiger partial charge on any atom is 0.224 e. The molecule has 1 unspecified atom stereocenters. The van der Waals surface area contributed by atoms with Gasteiger partial charge >= 0.3 is 0 Å². The summed E-state index contributed by atoms with van der Waals surface area (Å²) >= 11 is 0. The van der Waals surface area contributed by atoms with Crippen molar-refractivity contribution in [1.82, 2.24) is 10.2 Å². The van der Waals surface area contributed by atoms with Crippen LogP contribution in [-0.2, 0) is 11.3 Å². The van der Waals surface area contributed by atoms with Crippen molar-refractivity contribution >= 4 is 5.91 Å². The van der Waals surface area contributed by atoms with Gasteiger partial charge in [0.1, 0.15) is 0 Å². The summed E-state index contributed by atoms with van der Waals surface area (Å²) in [6.07, 6.45) is 9.09. The predicted molar refractivity (Wildman–Crippen MR) is 98.9 cm³/mol. The van der Waals surface area contributed by atoms with Crippen LogP contribution in [0.25, 0.3) is 0 Å². The lowest BCUT2D eigenvalue weighted by Crippen LogP contribution is -2.60. The Kier molecular flexibility index (Phi) is 3.89. The number of likely N-dealkylation sites (tertiary alicyclic amines) is 1. The molecule has 1 N–H and O–H groups in total. The lowest BCUT2D eigenvalue weighted by molar-refractivity contribution is -0.130. The second kappa shape index (κ2) is 6.12. The Balaban J connectivity index is 1.20. The van der Waals surface area contributed by atoms with Crippen LogP contribution in [0.5, 0.6) is 0 Å². The number of nitrogens with zero attached hydrogens (tertiary/aromatic N) is 1. The lowest BCUT2D eigenvalue weighted by Gasteiger charge is -2.57. The minimum Gasteiger partial charge on any atom is -0.350 e. The Morgan fingerprint density at radius 3 is 2.32 bits per heavy atom. The van der Waals surface area contributed by atoms with Gasteiger partial charge in [0, 0.05) is 18.6 Å². The summed E-state index contributed by atoms with van der Waals surface area (Å²) in [5, 5.41) is 3.59. The number of benzene rings is 1. The average Bonchev–Trinajstić information content (AvgIpc) is 3.03. The molecule has 1 amide bonds. The van der Waals surface area contributed by atoms with E-state index in [0.29, 0.717) is 5.91 Å². The van der Waals surface area contributed by atoms with Gasteiger partial charge in [-0.15, -0.1) is 0 Å². The molecule has 1 atom stereocenters. The normalized spacial score (nSPS) is 39.7. The number of carbonyl (C=O) groups excluding carboxylic acids is 1. The van der Waals surface area contributed by atoms with Crippen LogP contribution in [0.4, 0.5) is 0 Å². The maximum absolute atomic E-state index is 13.0. The molecule has 1 heterocycles. The van der Waals surface area contributed by atoms with Crippen LogP contribution in [0.3, 0.4) is 0 Å². The fourth-order valence-electron chi connectivity index (χ4n) is 6.66. The summed E-state index contributed by atoms with van der Waals surface area (Å²) in [6, 6.07) is 10.6. The third-order valence-electron chi connectivity index (χ3n) is 7.32. The summed E-state index contributed by atoms with van der Waals surface area (Å²) < 4.78 is 0. The summed E-state index contributed by atoms with van der Waals surface area (Å²) in [5.74, 6) is 3.22. The first-order valence-electron chi connectivity index (χ1n) is 10.3. The van der Waals surface area contributed by atoms with E-state index in [4.69, 9.17) is 0 Å². The highest BCUT2D eigenvalue weighted by molar-refractivity contribution is 5.80. The van der Waals surface area contributed by atoms with Crippen molar-refractivity contribution in [2.24, 2.45) is 23.7 Å². The number of hydrogen-bond donors (Lipinski definition) is 1. The predicted octanol–water partition coefficient (Wildman–Crippen LogP) is 3.59. The minimum absolute atomic E-state index is 0.165. The van der Waals surface area contributed by atoms with Gasteiger partial charge in [-0.05, 0) is 74.8 Å². The molecule has 0 aromatic heterocycles. The molecule has 3 nitrogen and oxygen atoms in total. The molecule has 5 fully saturated rings. The minimum atomic E-state index is 0.165. The van der Waals surface area contributed by atoms with Gasteiger partial charge < -0.3 is 5.32 Å². The molecule has 4 aliphatic carbocycles. The summed E-state index contributed by atoms with van der Waals surface area (Å²) in [5.41, 5.74) is 1.52. The number of rotatable bonds is 4. The standard InChI is InChI=1S/C22H30N2O/c25-21(20-6-7-24(15-20)14-16-4-2-1-3-5-16)23-22-11-17-8-18(12-22)10-19(9-17)13-22/h1-5,17-20H,6-15H2,(H,23,25). The topological polar surface area (TPSA) is 32.3 Å². The van der Waals surface area contributed by atoms with Crippen molar-refractivity contribution in [3.63, 3.8) is 0 Å². The first-order chi connectivity index (χ1) is 12.2. The average molecular weight is 338 g/mol. The van der Waals surface area contributed by atoms with E-state index in [1.807, 2.05) is 0 Å². The Hall–Kier alpha value is -1.35. The molecule has 4 bridgehead atoms. The van der Waals surface area contributed by atoms with Gasteiger partial charge in [0.2, 0.25) is 5.91 Å². The van der Waals surface area contributed by atoms with Gasteiger partial charge in [-0.25, -0.2) is 0 Å². The van der Waals surface area contributed by atoms with E-state index in [2.05, 4.69) is 40.5 Å². The molecule has 5 aliphatic rings. The van der Waals surface area contributed by atoms with E-state index in [-0.39, 0.29) is 11.5 Å². The molecule has 1 aromatic rings. The lowest BCUT2D eigenvalue weighted by atomic mass is 9.53. The van der Waals surface area contributed by atoms with Crippen molar-refractivity contribution in [1.29, 1.82) is 0 Å². The van der Waals surface area contributed by atoms with Crippen molar-refractivity contribution in [2.45, 2.75) is 57.0 Å². The molecule has 1 aliphatic heterocycles. The highest BCUT2D eigenvalue weighted by Gasteiger charge is 2.52. The third-order valence-corrected chi connectivity index (χ3v) is 7.32. The Labute approximate surface area is 151 Å². The van der Waals surface area contributed by atoms with Crippen molar-refractivity contribution < 1.29 is 4.79 Å². The van der Waals surface area contributed by atoms with Crippen LogP contribution < -0.4 is 5.32 Å². The molecule has 1 saturated heterocycles. The summed E-state index contributed by atoms with van der Waals surface area (Å²) in [6.45, 7) is 2.95. The van der Waals surface area contributed by atoms with Crippen molar-refractivity contribution in [3.05, 3.63) is 35.9 Å². The highest BCUT2D eigenvalue weighted by Crippen LogP contribution is 2.55. The summed E-state index contributed by atoms with van der Waals surface area (Å²) in [7, 11) is 0. The second-order valence-corrected chi connectivity index (χ2v) is 9.39. The van der Waals surface area contributed by atoms with Gasteiger partial charge in [0.05, 0.1) is 5.92 Å². The molecule has 25 heavy (non-hydrogen) atoms. The SMILES string of the molecule is O=C(NC12CC3CC(CC(C3)C1)C2)C1CCN(Cc2ccccc2)C1. The van der Waals surface area contributed by atoms with Crippen molar-refractivity contribution in [2.75, 3.05) is 13.1 Å². The van der Waals surface area contributed by atoms with Crippen molar-refractivity contribution in [3.8, 4) is 0 Å². The molecule has 6 rings (SSSR count). The first kappa shape index (κ1) is 15.9. The zero-order valence-corrected chi connectivity index (χ0v) is 15.1. The summed E-state index contributed by atoms with van der Waals surface area (Å²) in [4.78, 5) is 15.4. The van der Waals surface area contributed by atoms with E-state index >= 15 is 0 Å². The van der Waals surface area contributed by atoms with Crippen LogP contribution in [0.1, 0.15) is 50.5 Å². The van der Waals surface area contributed by atoms with Gasteiger partial charge in [-0.2, -0.15) is 0 Å². The van der Waals surface area contributed by atoms with Crippen LogP contribution in [0.2, 0.25) is 0 Å². The van der Waals surface area contributed by atoms with E-state index in [0.717, 1.165) is 43.8 Å². The zero-order valence-electron chi connectivity index (χ0n) is 15.1. The molecule has 1 aromatic carbocycles. The highest BCUT2D eigenvalue weighted by atomic mass is 16.2. The van der Waals surface area contributed by atoms with Gasteiger partial charge in [0.15, 0.2) is 0 Å². The Morgan fingerprint density at radius 2 is 1.68 bits per heavy atom. The van der Waals surface area contributed by atoms with E-state index in [1.54, 1.807) is 0 Å². The Morgan fingerprint density at radius 1 is 1.04 bits per heavy atom. The fraction of sp³-hybridized carbons (Fsp3) is 0.682. The largest absolute Gasteiger partial charge is 0.350 e. The van der Waals surface area contributed by atoms with Crippen LogP contribution in [0, 0.1) is 23.7 Å². The molecule has 134 valence electrons. The third kappa shape index (κ3) is 3.12. The van der Waals surface area contributed by atoms with Gasteiger partial charge in [-0.1, -0.05) is 30.3 Å². The number of nitrogens with one attached hydrogen (secondary N) is 1. The number of carbonyl (C=O) groups is 1. The number of hydrogen-bond acceptors (Lipinski definition) is 2. The van der Waals surface area contributed by atoms with Crippen LogP contribution in [0.15, 0.2) is 30.3 Å². The maximum atomic E-state index is 13.0. The van der Waals surface area contributed by atoms with E-state index in [9.17, 15) is 4.79 Å². The van der Waals surface area contributed by atoms with Crippen LogP contribution >= 0.6 is 0 Å². The molecule has 4 saturated carbocycles. The quantitative estimate of drug-likeness (QED) is 0.910. The molecular formula is C22H30N2O. The van der Waals surface area contributed by atoms with Gasteiger partial charge in [0.25, 0.3) is 0 Å². The number of amides is 1. The van der Waals surface area contributed by atoms with Gasteiger partial charge in [-0.3, -0.25) is 9.69 Å². The Bertz CT molecular complexity index is 605. The first-order valence-corrected chi connectivity index (χ1v) is 10.3. The molecule has 0 spiro atoms. The molecule has 3 heteroatoms. The molecule has 0 radical (unpaired) electrons. The van der Waals surface area contributed by atoms with Crippen LogP contribution in [-0.4, -0.2) is 29.4 Å². The van der Waals surface area contributed by atoms with E-state index in [1.165, 1.54) is 44.1 Å². The monoisotopic (exact) mass is 338 g/mol. The second-order valence-electron chi connectivity index (χ2n) is 9.39. The van der Waals surface area contributed by atoms with E-state index < -0.39 is 0 Å².